The Hall–Kier alpha value is -3.75. The van der Waals surface area contributed by atoms with Crippen molar-refractivity contribution >= 4 is 34.2 Å². The lowest BCUT2D eigenvalue weighted by molar-refractivity contribution is 0.414. The number of halogens is 2. The molecule has 0 fully saturated rings. The summed E-state index contributed by atoms with van der Waals surface area (Å²) >= 11 is 0. The summed E-state index contributed by atoms with van der Waals surface area (Å²) in [5.74, 6) is -0.769. The Balaban J connectivity index is 1.61. The maximum Gasteiger partial charge on any atom is 0.229 e. The summed E-state index contributed by atoms with van der Waals surface area (Å²) < 4.78 is 38.3. The SMILES string of the molecule is COc1ccc(F)c(Nc2ncc(F)c(Nc3ccc4ocnc4c3)n2)c1. The normalized spacial score (nSPS) is 10.8. The van der Waals surface area contributed by atoms with Gasteiger partial charge in [0.2, 0.25) is 5.95 Å². The third-order valence-corrected chi connectivity index (χ3v) is 3.76. The highest BCUT2D eigenvalue weighted by atomic mass is 19.1. The molecule has 0 aliphatic rings. The van der Waals surface area contributed by atoms with E-state index in [-0.39, 0.29) is 17.5 Å². The molecule has 4 aromatic rings. The van der Waals surface area contributed by atoms with Crippen LogP contribution in [0.4, 0.5) is 31.9 Å². The van der Waals surface area contributed by atoms with Crippen LogP contribution in [0.25, 0.3) is 11.1 Å². The first-order chi connectivity index (χ1) is 13.1. The molecule has 2 aromatic carbocycles. The van der Waals surface area contributed by atoms with Gasteiger partial charge in [-0.15, -0.1) is 0 Å². The van der Waals surface area contributed by atoms with Gasteiger partial charge in [-0.2, -0.15) is 4.98 Å². The fraction of sp³-hybridized carbons (Fsp3) is 0.0556. The first-order valence-corrected chi connectivity index (χ1v) is 7.86. The third-order valence-electron chi connectivity index (χ3n) is 3.76. The van der Waals surface area contributed by atoms with Gasteiger partial charge in [0, 0.05) is 11.8 Å². The summed E-state index contributed by atoms with van der Waals surface area (Å²) in [6.07, 6.45) is 2.31. The Kier molecular flexibility index (Phi) is 4.25. The molecule has 0 saturated carbocycles. The lowest BCUT2D eigenvalue weighted by Gasteiger charge is -2.11. The molecule has 136 valence electrons. The molecule has 2 N–H and O–H groups in total. The number of oxazole rings is 1. The number of ether oxygens (including phenoxy) is 1. The molecule has 0 bridgehead atoms. The Bertz CT molecular complexity index is 1120. The number of nitrogens with one attached hydrogen (secondary N) is 2. The molecule has 27 heavy (non-hydrogen) atoms. The van der Waals surface area contributed by atoms with Crippen LogP contribution in [0, 0.1) is 11.6 Å². The van der Waals surface area contributed by atoms with E-state index in [9.17, 15) is 8.78 Å². The van der Waals surface area contributed by atoms with Gasteiger partial charge in [-0.1, -0.05) is 0 Å². The summed E-state index contributed by atoms with van der Waals surface area (Å²) in [5.41, 5.74) is 1.90. The number of benzene rings is 2. The monoisotopic (exact) mass is 369 g/mol. The molecule has 0 amide bonds. The van der Waals surface area contributed by atoms with Gasteiger partial charge in [-0.25, -0.2) is 18.7 Å². The van der Waals surface area contributed by atoms with Crippen molar-refractivity contribution in [1.29, 1.82) is 0 Å². The summed E-state index contributed by atoms with van der Waals surface area (Å²) in [5, 5.41) is 5.57. The molecule has 0 atom stereocenters. The van der Waals surface area contributed by atoms with E-state index in [4.69, 9.17) is 9.15 Å². The van der Waals surface area contributed by atoms with Gasteiger partial charge in [0.1, 0.15) is 17.1 Å². The van der Waals surface area contributed by atoms with E-state index in [1.165, 1.54) is 31.7 Å². The van der Waals surface area contributed by atoms with E-state index in [1.807, 2.05) is 0 Å². The van der Waals surface area contributed by atoms with Gasteiger partial charge in [0.15, 0.2) is 23.6 Å². The summed E-state index contributed by atoms with van der Waals surface area (Å²) in [6, 6.07) is 9.28. The molecule has 9 heteroatoms. The Morgan fingerprint density at radius 3 is 2.74 bits per heavy atom. The highest BCUT2D eigenvalue weighted by molar-refractivity contribution is 5.78. The number of methoxy groups -OCH3 is 1. The number of rotatable bonds is 5. The summed E-state index contributed by atoms with van der Waals surface area (Å²) in [4.78, 5) is 12.0. The first kappa shape index (κ1) is 16.7. The molecule has 4 rings (SSSR count). The minimum Gasteiger partial charge on any atom is -0.497 e. The van der Waals surface area contributed by atoms with Crippen molar-refractivity contribution in [3.63, 3.8) is 0 Å². The molecule has 0 aliphatic heterocycles. The molecular weight excluding hydrogens is 356 g/mol. The van der Waals surface area contributed by atoms with E-state index >= 15 is 0 Å². The van der Waals surface area contributed by atoms with Crippen LogP contribution in [0.15, 0.2) is 53.4 Å². The van der Waals surface area contributed by atoms with E-state index in [0.717, 1.165) is 6.20 Å². The average Bonchev–Trinajstić information content (AvgIpc) is 3.14. The number of hydrogen-bond acceptors (Lipinski definition) is 7. The first-order valence-electron chi connectivity index (χ1n) is 7.86. The molecular formula is C18H13F2N5O2. The number of anilines is 4. The zero-order valence-electron chi connectivity index (χ0n) is 14.0. The fourth-order valence-corrected chi connectivity index (χ4v) is 2.43. The van der Waals surface area contributed by atoms with Gasteiger partial charge in [-0.05, 0) is 30.3 Å². The van der Waals surface area contributed by atoms with Crippen molar-refractivity contribution in [2.75, 3.05) is 17.7 Å². The maximum absolute atomic E-state index is 14.1. The van der Waals surface area contributed by atoms with Crippen LogP contribution in [0.1, 0.15) is 0 Å². The number of hydrogen-bond donors (Lipinski definition) is 2. The van der Waals surface area contributed by atoms with Crippen LogP contribution >= 0.6 is 0 Å². The van der Waals surface area contributed by atoms with Crippen LogP contribution in [0.2, 0.25) is 0 Å². The Labute approximate surface area is 152 Å². The van der Waals surface area contributed by atoms with Crippen molar-refractivity contribution in [1.82, 2.24) is 15.0 Å². The molecule has 0 aliphatic carbocycles. The maximum atomic E-state index is 14.1. The average molecular weight is 369 g/mol. The van der Waals surface area contributed by atoms with Gasteiger partial charge >= 0.3 is 0 Å². The second-order valence-electron chi connectivity index (χ2n) is 5.52. The van der Waals surface area contributed by atoms with Crippen molar-refractivity contribution in [2.24, 2.45) is 0 Å². The Morgan fingerprint density at radius 1 is 1.00 bits per heavy atom. The number of aromatic nitrogens is 3. The smallest absolute Gasteiger partial charge is 0.229 e. The Morgan fingerprint density at radius 2 is 1.89 bits per heavy atom. The minimum atomic E-state index is -0.660. The standard InChI is InChI=1S/C18H13F2N5O2/c1-26-11-3-4-12(19)14(7-11)24-18-21-8-13(20)17(25-18)23-10-2-5-16-15(6-10)22-9-27-16/h2-9H,1H3,(H2,21,23,24,25). The van der Waals surface area contributed by atoms with Gasteiger partial charge in [0.05, 0.1) is 19.0 Å². The highest BCUT2D eigenvalue weighted by Crippen LogP contribution is 2.26. The van der Waals surface area contributed by atoms with Crippen molar-refractivity contribution in [3.8, 4) is 5.75 Å². The van der Waals surface area contributed by atoms with E-state index in [2.05, 4.69) is 25.6 Å². The van der Waals surface area contributed by atoms with Gasteiger partial charge < -0.3 is 19.8 Å². The van der Waals surface area contributed by atoms with Crippen molar-refractivity contribution in [3.05, 3.63) is 60.6 Å². The third kappa shape index (κ3) is 3.47. The lowest BCUT2D eigenvalue weighted by atomic mass is 10.3. The molecule has 0 unspecified atom stereocenters. The van der Waals surface area contributed by atoms with Crippen LogP contribution in [0.5, 0.6) is 5.75 Å². The second-order valence-corrected chi connectivity index (χ2v) is 5.52. The quantitative estimate of drug-likeness (QED) is 0.539. The fourth-order valence-electron chi connectivity index (χ4n) is 2.43. The number of fused-ring (bicyclic) bond motifs is 1. The summed E-state index contributed by atoms with van der Waals surface area (Å²) in [7, 11) is 1.47. The predicted octanol–water partition coefficient (Wildman–Crippen LogP) is 4.39. The molecule has 0 spiro atoms. The zero-order chi connectivity index (χ0) is 18.8. The van der Waals surface area contributed by atoms with E-state index in [0.29, 0.717) is 22.5 Å². The largest absolute Gasteiger partial charge is 0.497 e. The van der Waals surface area contributed by atoms with Crippen LogP contribution in [0.3, 0.4) is 0 Å². The molecule has 7 nitrogen and oxygen atoms in total. The molecule has 2 heterocycles. The van der Waals surface area contributed by atoms with E-state index < -0.39 is 11.6 Å². The zero-order valence-corrected chi connectivity index (χ0v) is 14.0. The predicted molar refractivity (Wildman–Crippen MR) is 95.5 cm³/mol. The molecule has 2 aromatic heterocycles. The van der Waals surface area contributed by atoms with E-state index in [1.54, 1.807) is 18.2 Å². The second kappa shape index (κ2) is 6.87. The van der Waals surface area contributed by atoms with Gasteiger partial charge in [0.25, 0.3) is 0 Å². The van der Waals surface area contributed by atoms with Crippen LogP contribution in [-0.4, -0.2) is 22.1 Å². The van der Waals surface area contributed by atoms with Gasteiger partial charge in [-0.3, -0.25) is 0 Å². The molecule has 0 radical (unpaired) electrons. The highest BCUT2D eigenvalue weighted by Gasteiger charge is 2.11. The van der Waals surface area contributed by atoms with Crippen LogP contribution in [-0.2, 0) is 0 Å². The minimum absolute atomic E-state index is 0.0218. The lowest BCUT2D eigenvalue weighted by Crippen LogP contribution is -2.04. The van der Waals surface area contributed by atoms with Crippen LogP contribution < -0.4 is 15.4 Å². The summed E-state index contributed by atoms with van der Waals surface area (Å²) in [6.45, 7) is 0. The number of nitrogens with zero attached hydrogens (tertiary/aromatic N) is 3. The van der Waals surface area contributed by atoms with Crippen molar-refractivity contribution in [2.45, 2.75) is 0 Å². The van der Waals surface area contributed by atoms with Crippen molar-refractivity contribution < 1.29 is 17.9 Å². The topological polar surface area (TPSA) is 85.1 Å². The molecule has 0 saturated heterocycles.